The van der Waals surface area contributed by atoms with E-state index in [4.69, 9.17) is 9.72 Å². The van der Waals surface area contributed by atoms with E-state index in [2.05, 4.69) is 9.88 Å². The van der Waals surface area contributed by atoms with Crippen LogP contribution < -0.4 is 5.32 Å². The molecule has 0 spiro atoms. The van der Waals surface area contributed by atoms with Gasteiger partial charge in [-0.3, -0.25) is 9.59 Å². The molecule has 1 saturated carbocycles. The van der Waals surface area contributed by atoms with Gasteiger partial charge in [-0.05, 0) is 37.8 Å². The highest BCUT2D eigenvalue weighted by Crippen LogP contribution is 2.23. The summed E-state index contributed by atoms with van der Waals surface area (Å²) in [7, 11) is 3.47. The van der Waals surface area contributed by atoms with Crippen molar-refractivity contribution in [1.29, 1.82) is 0 Å². The number of imidazole rings is 1. The van der Waals surface area contributed by atoms with E-state index in [9.17, 15) is 9.59 Å². The molecule has 7 nitrogen and oxygen atoms in total. The third-order valence-corrected chi connectivity index (χ3v) is 6.22. The van der Waals surface area contributed by atoms with Crippen molar-refractivity contribution in [2.24, 2.45) is 0 Å². The van der Waals surface area contributed by atoms with Crippen molar-refractivity contribution in [2.75, 3.05) is 27.3 Å². The maximum absolute atomic E-state index is 13.1. The van der Waals surface area contributed by atoms with Gasteiger partial charge >= 0.3 is 0 Å². The first-order valence-electron chi connectivity index (χ1n) is 11.6. The summed E-state index contributed by atoms with van der Waals surface area (Å²) in [5, 5.41) is 2.85. The van der Waals surface area contributed by atoms with Crippen LogP contribution in [0, 0.1) is 0 Å². The molecule has 1 fully saturated rings. The second-order valence-corrected chi connectivity index (χ2v) is 8.49. The number of likely N-dealkylation sites (N-methyl/N-ethyl adjacent to an activating group) is 1. The van der Waals surface area contributed by atoms with Crippen molar-refractivity contribution in [3.05, 3.63) is 30.1 Å². The Bertz CT molecular complexity index is 858. The van der Waals surface area contributed by atoms with E-state index in [0.29, 0.717) is 19.1 Å². The highest BCUT2D eigenvalue weighted by molar-refractivity contribution is 5.81. The summed E-state index contributed by atoms with van der Waals surface area (Å²) in [6.07, 6.45) is 9.63. The molecule has 0 saturated heterocycles. The summed E-state index contributed by atoms with van der Waals surface area (Å²) < 4.78 is 6.91. The molecule has 7 heteroatoms. The van der Waals surface area contributed by atoms with Gasteiger partial charge in [0.25, 0.3) is 0 Å². The molecule has 2 aromatic rings. The van der Waals surface area contributed by atoms with Crippen LogP contribution in [0.2, 0.25) is 0 Å². The summed E-state index contributed by atoms with van der Waals surface area (Å²) >= 11 is 0. The Hall–Kier alpha value is -2.41. The number of aryl methyl sites for hydroxylation is 1. The summed E-state index contributed by atoms with van der Waals surface area (Å²) in [4.78, 5) is 31.3. The van der Waals surface area contributed by atoms with Crippen LogP contribution in [0.3, 0.4) is 0 Å². The predicted molar refractivity (Wildman–Crippen MR) is 122 cm³/mol. The zero-order valence-corrected chi connectivity index (χ0v) is 18.9. The Morgan fingerprint density at radius 1 is 1.16 bits per heavy atom. The molecule has 0 atom stereocenters. The number of benzene rings is 1. The fourth-order valence-electron chi connectivity index (χ4n) is 4.41. The Balaban J connectivity index is 1.58. The molecule has 0 radical (unpaired) electrons. The maximum Gasteiger partial charge on any atom is 0.245 e. The summed E-state index contributed by atoms with van der Waals surface area (Å²) in [6.45, 7) is 1.10. The minimum Gasteiger partial charge on any atom is -0.375 e. The van der Waals surface area contributed by atoms with E-state index in [1.165, 1.54) is 26.4 Å². The normalized spacial score (nSPS) is 14.6. The first-order valence-corrected chi connectivity index (χ1v) is 11.6. The average molecular weight is 429 g/mol. The lowest BCUT2D eigenvalue weighted by molar-refractivity contribution is -0.133. The van der Waals surface area contributed by atoms with Crippen LogP contribution in [0.25, 0.3) is 11.0 Å². The van der Waals surface area contributed by atoms with E-state index in [0.717, 1.165) is 55.4 Å². The summed E-state index contributed by atoms with van der Waals surface area (Å²) in [5.41, 5.74) is 1.96. The van der Waals surface area contributed by atoms with E-state index in [1.54, 1.807) is 0 Å². The number of amides is 2. The number of carbonyl (C=O) groups excluding carboxylic acids is 2. The van der Waals surface area contributed by atoms with Crippen molar-refractivity contribution in [2.45, 2.75) is 70.4 Å². The van der Waals surface area contributed by atoms with Crippen molar-refractivity contribution in [1.82, 2.24) is 19.8 Å². The fourth-order valence-corrected chi connectivity index (χ4v) is 4.41. The van der Waals surface area contributed by atoms with Crippen LogP contribution >= 0.6 is 0 Å². The Morgan fingerprint density at radius 3 is 2.71 bits per heavy atom. The monoisotopic (exact) mass is 428 g/mol. The van der Waals surface area contributed by atoms with E-state index >= 15 is 0 Å². The largest absolute Gasteiger partial charge is 0.375 e. The Labute approximate surface area is 185 Å². The molecule has 0 aliphatic heterocycles. The second-order valence-electron chi connectivity index (χ2n) is 8.49. The minimum absolute atomic E-state index is 0.0788. The van der Waals surface area contributed by atoms with Gasteiger partial charge in [-0.25, -0.2) is 4.98 Å². The number of fused-ring (bicyclic) bond motifs is 1. The summed E-state index contributed by atoms with van der Waals surface area (Å²) in [5.74, 6) is 1.05. The molecule has 2 amide bonds. The van der Waals surface area contributed by atoms with Gasteiger partial charge in [-0.1, -0.05) is 37.8 Å². The fraction of sp³-hybridized carbons (Fsp3) is 0.625. The quantitative estimate of drug-likeness (QED) is 0.557. The molecule has 3 rings (SSSR count). The van der Waals surface area contributed by atoms with Gasteiger partial charge in [-0.15, -0.1) is 0 Å². The van der Waals surface area contributed by atoms with Crippen LogP contribution in [-0.4, -0.2) is 59.6 Å². The smallest absolute Gasteiger partial charge is 0.245 e. The molecule has 1 aliphatic carbocycles. The van der Waals surface area contributed by atoms with E-state index in [-0.39, 0.29) is 18.4 Å². The van der Waals surface area contributed by atoms with Gasteiger partial charge in [0, 0.05) is 33.2 Å². The number of para-hydroxylation sites is 2. The highest BCUT2D eigenvalue weighted by Gasteiger charge is 2.23. The first kappa shape index (κ1) is 23.3. The molecule has 1 heterocycles. The molecule has 1 aliphatic rings. The molecule has 31 heavy (non-hydrogen) atoms. The molecular weight excluding hydrogens is 392 g/mol. The number of unbranched alkanes of at least 4 members (excludes halogenated alkanes) is 2. The number of carbonyl (C=O) groups is 2. The third-order valence-electron chi connectivity index (χ3n) is 6.22. The third kappa shape index (κ3) is 6.53. The van der Waals surface area contributed by atoms with Crippen LogP contribution in [0.15, 0.2) is 24.3 Å². The number of hydrogen-bond donors (Lipinski definition) is 1. The topological polar surface area (TPSA) is 76.5 Å². The molecule has 1 aromatic carbocycles. The molecule has 0 unspecified atom stereocenters. The van der Waals surface area contributed by atoms with Gasteiger partial charge in [0.05, 0.1) is 11.0 Å². The van der Waals surface area contributed by atoms with Crippen molar-refractivity contribution in [3.63, 3.8) is 0 Å². The van der Waals surface area contributed by atoms with Crippen molar-refractivity contribution >= 4 is 22.8 Å². The summed E-state index contributed by atoms with van der Waals surface area (Å²) in [6, 6.07) is 8.42. The number of nitrogens with one attached hydrogen (secondary N) is 1. The molecule has 0 bridgehead atoms. The lowest BCUT2D eigenvalue weighted by Gasteiger charge is -2.31. The maximum atomic E-state index is 13.1. The van der Waals surface area contributed by atoms with Gasteiger partial charge in [0.1, 0.15) is 19.0 Å². The lowest BCUT2D eigenvalue weighted by atomic mass is 9.94. The van der Waals surface area contributed by atoms with Crippen LogP contribution in [0.5, 0.6) is 0 Å². The van der Waals surface area contributed by atoms with E-state index < -0.39 is 0 Å². The molecule has 170 valence electrons. The first-order chi connectivity index (χ1) is 15.1. The standard InChI is InChI=1S/C24H36N4O3/c1-27(19-11-5-3-6-12-19)24(30)17-28-21-14-9-8-13-20(21)26-22(28)15-7-4-10-16-25-23(29)18-31-2/h8-9,13-14,19H,3-7,10-12,15-18H2,1-2H3,(H,25,29). The van der Waals surface area contributed by atoms with Crippen molar-refractivity contribution in [3.8, 4) is 0 Å². The molecule has 1 N–H and O–H groups in total. The molecular formula is C24H36N4O3. The number of methoxy groups -OCH3 is 1. The average Bonchev–Trinajstić information content (AvgIpc) is 3.13. The van der Waals surface area contributed by atoms with Gasteiger partial charge < -0.3 is 19.5 Å². The number of aromatic nitrogens is 2. The highest BCUT2D eigenvalue weighted by atomic mass is 16.5. The van der Waals surface area contributed by atoms with E-state index in [1.807, 2.05) is 36.2 Å². The lowest BCUT2D eigenvalue weighted by Crippen LogP contribution is -2.40. The number of nitrogens with zero attached hydrogens (tertiary/aromatic N) is 3. The van der Waals surface area contributed by atoms with Gasteiger partial charge in [0.15, 0.2) is 0 Å². The number of rotatable bonds is 11. The Morgan fingerprint density at radius 2 is 1.94 bits per heavy atom. The number of hydrogen-bond acceptors (Lipinski definition) is 4. The molecule has 1 aromatic heterocycles. The van der Waals surface area contributed by atoms with Crippen molar-refractivity contribution < 1.29 is 14.3 Å². The Kier molecular flexibility index (Phi) is 8.88. The van der Waals surface area contributed by atoms with Crippen LogP contribution in [0.1, 0.15) is 57.2 Å². The zero-order valence-electron chi connectivity index (χ0n) is 18.9. The van der Waals surface area contributed by atoms with Crippen LogP contribution in [-0.2, 0) is 27.3 Å². The van der Waals surface area contributed by atoms with Crippen LogP contribution in [0.4, 0.5) is 0 Å². The minimum atomic E-state index is -0.0788. The zero-order chi connectivity index (χ0) is 22.1. The van der Waals surface area contributed by atoms with Gasteiger partial charge in [0.2, 0.25) is 11.8 Å². The predicted octanol–water partition coefficient (Wildman–Crippen LogP) is 3.30. The second kappa shape index (κ2) is 11.8. The van der Waals surface area contributed by atoms with Gasteiger partial charge in [-0.2, -0.15) is 0 Å². The SMILES string of the molecule is COCC(=O)NCCCCCc1nc2ccccc2n1CC(=O)N(C)C1CCCCC1. The number of ether oxygens (including phenoxy) is 1.